The lowest BCUT2D eigenvalue weighted by molar-refractivity contribution is 0.235. The fourth-order valence-corrected chi connectivity index (χ4v) is 2.21. The molecule has 0 radical (unpaired) electrons. The molecular weight excluding hydrogens is 220 g/mol. The SMILES string of the molecule is CNC(=O)NC1CCCCC1Br. The number of hydrogen-bond acceptors (Lipinski definition) is 1. The first kappa shape index (κ1) is 9.84. The van der Waals surface area contributed by atoms with E-state index >= 15 is 0 Å². The second-order valence-electron chi connectivity index (χ2n) is 3.13. The van der Waals surface area contributed by atoms with Crippen molar-refractivity contribution >= 4 is 22.0 Å². The van der Waals surface area contributed by atoms with Gasteiger partial charge in [-0.3, -0.25) is 0 Å². The number of amides is 2. The van der Waals surface area contributed by atoms with Gasteiger partial charge in [0.1, 0.15) is 0 Å². The average molecular weight is 235 g/mol. The van der Waals surface area contributed by atoms with Crippen molar-refractivity contribution in [2.45, 2.75) is 36.6 Å². The Morgan fingerprint density at radius 2 is 2.08 bits per heavy atom. The first-order valence-corrected chi connectivity index (χ1v) is 5.28. The van der Waals surface area contributed by atoms with E-state index < -0.39 is 0 Å². The zero-order valence-electron chi connectivity index (χ0n) is 7.27. The van der Waals surface area contributed by atoms with Gasteiger partial charge in [0.15, 0.2) is 0 Å². The van der Waals surface area contributed by atoms with E-state index in [9.17, 15) is 4.79 Å². The molecule has 1 rings (SSSR count). The number of hydrogen-bond donors (Lipinski definition) is 2. The van der Waals surface area contributed by atoms with Gasteiger partial charge in [0.05, 0.1) is 0 Å². The minimum absolute atomic E-state index is 0.0775. The first-order chi connectivity index (χ1) is 5.74. The maximum absolute atomic E-state index is 11.0. The lowest BCUT2D eigenvalue weighted by Crippen LogP contribution is -2.46. The smallest absolute Gasteiger partial charge is 0.314 e. The van der Waals surface area contributed by atoms with Crippen molar-refractivity contribution < 1.29 is 4.79 Å². The molecule has 1 saturated carbocycles. The van der Waals surface area contributed by atoms with E-state index in [0.717, 1.165) is 12.8 Å². The Labute approximate surface area is 81.4 Å². The van der Waals surface area contributed by atoms with Crippen LogP contribution >= 0.6 is 15.9 Å². The van der Waals surface area contributed by atoms with E-state index in [0.29, 0.717) is 10.9 Å². The van der Waals surface area contributed by atoms with Crippen molar-refractivity contribution in [2.24, 2.45) is 0 Å². The van der Waals surface area contributed by atoms with Gasteiger partial charge in [0.2, 0.25) is 0 Å². The fraction of sp³-hybridized carbons (Fsp3) is 0.875. The van der Waals surface area contributed by atoms with Crippen molar-refractivity contribution in [1.82, 2.24) is 10.6 Å². The number of urea groups is 1. The highest BCUT2D eigenvalue weighted by molar-refractivity contribution is 9.09. The van der Waals surface area contributed by atoms with Crippen LogP contribution in [0.5, 0.6) is 0 Å². The summed E-state index contributed by atoms with van der Waals surface area (Å²) in [6, 6.07) is 0.227. The van der Waals surface area contributed by atoms with Gasteiger partial charge in [-0.2, -0.15) is 0 Å². The van der Waals surface area contributed by atoms with Gasteiger partial charge in [-0.1, -0.05) is 28.8 Å². The molecular formula is C8H15BrN2O. The van der Waals surface area contributed by atoms with Gasteiger partial charge in [-0.05, 0) is 12.8 Å². The standard InChI is InChI=1S/C8H15BrN2O/c1-10-8(12)11-7-5-3-2-4-6(7)9/h6-7H,2-5H2,1H3,(H2,10,11,12). The van der Waals surface area contributed by atoms with E-state index in [2.05, 4.69) is 26.6 Å². The van der Waals surface area contributed by atoms with Crippen LogP contribution in [-0.4, -0.2) is 23.9 Å². The summed E-state index contributed by atoms with van der Waals surface area (Å²) in [7, 11) is 1.64. The maximum Gasteiger partial charge on any atom is 0.314 e. The third-order valence-corrected chi connectivity index (χ3v) is 3.32. The monoisotopic (exact) mass is 234 g/mol. The Bertz CT molecular complexity index is 163. The van der Waals surface area contributed by atoms with Crippen molar-refractivity contribution in [3.8, 4) is 0 Å². The molecule has 0 aromatic heterocycles. The highest BCUT2D eigenvalue weighted by atomic mass is 79.9. The average Bonchev–Trinajstić information content (AvgIpc) is 2.09. The number of rotatable bonds is 1. The molecule has 0 aliphatic heterocycles. The van der Waals surface area contributed by atoms with Crippen LogP contribution < -0.4 is 10.6 Å². The molecule has 0 aromatic rings. The summed E-state index contributed by atoms with van der Waals surface area (Å²) in [5, 5.41) is 5.48. The number of nitrogens with one attached hydrogen (secondary N) is 2. The molecule has 1 aliphatic carbocycles. The summed E-state index contributed by atoms with van der Waals surface area (Å²) in [5.41, 5.74) is 0. The van der Waals surface area contributed by atoms with E-state index in [1.807, 2.05) is 0 Å². The van der Waals surface area contributed by atoms with Crippen LogP contribution in [0.15, 0.2) is 0 Å². The van der Waals surface area contributed by atoms with Gasteiger partial charge in [-0.15, -0.1) is 0 Å². The summed E-state index contributed by atoms with van der Waals surface area (Å²) in [4.78, 5) is 11.4. The minimum atomic E-state index is -0.0775. The predicted molar refractivity (Wildman–Crippen MR) is 52.6 cm³/mol. The first-order valence-electron chi connectivity index (χ1n) is 4.36. The molecule has 2 N–H and O–H groups in total. The van der Waals surface area contributed by atoms with Crippen LogP contribution in [0.3, 0.4) is 0 Å². The number of alkyl halides is 1. The third kappa shape index (κ3) is 2.66. The van der Waals surface area contributed by atoms with Crippen molar-refractivity contribution in [3.05, 3.63) is 0 Å². The Morgan fingerprint density at radius 1 is 1.42 bits per heavy atom. The molecule has 0 bridgehead atoms. The van der Waals surface area contributed by atoms with Gasteiger partial charge in [-0.25, -0.2) is 4.79 Å². The number of carbonyl (C=O) groups is 1. The van der Waals surface area contributed by atoms with E-state index in [-0.39, 0.29) is 6.03 Å². The molecule has 1 aliphatic rings. The fourth-order valence-electron chi connectivity index (χ4n) is 1.49. The zero-order chi connectivity index (χ0) is 8.97. The number of halogens is 1. The second-order valence-corrected chi connectivity index (χ2v) is 4.31. The summed E-state index contributed by atoms with van der Waals surface area (Å²) in [6.07, 6.45) is 4.73. The molecule has 3 nitrogen and oxygen atoms in total. The summed E-state index contributed by atoms with van der Waals surface area (Å²) in [5.74, 6) is 0. The maximum atomic E-state index is 11.0. The molecule has 0 spiro atoms. The molecule has 1 fully saturated rings. The van der Waals surface area contributed by atoms with Crippen LogP contribution in [0.2, 0.25) is 0 Å². The van der Waals surface area contributed by atoms with E-state index in [4.69, 9.17) is 0 Å². The molecule has 12 heavy (non-hydrogen) atoms. The van der Waals surface area contributed by atoms with Gasteiger partial charge in [0, 0.05) is 17.9 Å². The molecule has 0 aromatic carbocycles. The van der Waals surface area contributed by atoms with Crippen molar-refractivity contribution in [1.29, 1.82) is 0 Å². The molecule has 4 heteroatoms. The lowest BCUT2D eigenvalue weighted by atomic mass is 9.95. The minimum Gasteiger partial charge on any atom is -0.341 e. The summed E-state index contributed by atoms with van der Waals surface area (Å²) < 4.78 is 0. The van der Waals surface area contributed by atoms with Crippen LogP contribution in [0.1, 0.15) is 25.7 Å². The molecule has 2 amide bonds. The highest BCUT2D eigenvalue weighted by Crippen LogP contribution is 2.24. The van der Waals surface area contributed by atoms with Crippen LogP contribution in [-0.2, 0) is 0 Å². The van der Waals surface area contributed by atoms with Crippen LogP contribution in [0.4, 0.5) is 4.79 Å². The van der Waals surface area contributed by atoms with Crippen LogP contribution in [0.25, 0.3) is 0 Å². The Kier molecular flexibility index (Phi) is 3.85. The van der Waals surface area contributed by atoms with E-state index in [1.165, 1.54) is 12.8 Å². The highest BCUT2D eigenvalue weighted by Gasteiger charge is 2.23. The largest absolute Gasteiger partial charge is 0.341 e. The van der Waals surface area contributed by atoms with Crippen molar-refractivity contribution in [3.63, 3.8) is 0 Å². The second kappa shape index (κ2) is 4.70. The van der Waals surface area contributed by atoms with E-state index in [1.54, 1.807) is 7.05 Å². The Balaban J connectivity index is 2.33. The zero-order valence-corrected chi connectivity index (χ0v) is 8.86. The van der Waals surface area contributed by atoms with Crippen molar-refractivity contribution in [2.75, 3.05) is 7.05 Å². The van der Waals surface area contributed by atoms with Crippen LogP contribution in [0, 0.1) is 0 Å². The Hall–Kier alpha value is -0.250. The topological polar surface area (TPSA) is 41.1 Å². The molecule has 0 saturated heterocycles. The summed E-state index contributed by atoms with van der Waals surface area (Å²) >= 11 is 3.57. The molecule has 2 unspecified atom stereocenters. The third-order valence-electron chi connectivity index (χ3n) is 2.23. The number of carbonyl (C=O) groups excluding carboxylic acids is 1. The Morgan fingerprint density at radius 3 is 2.67 bits per heavy atom. The molecule has 2 atom stereocenters. The lowest BCUT2D eigenvalue weighted by Gasteiger charge is -2.27. The normalized spacial score (nSPS) is 29.5. The molecule has 0 heterocycles. The molecule has 70 valence electrons. The quantitative estimate of drug-likeness (QED) is 0.666. The summed E-state index contributed by atoms with van der Waals surface area (Å²) in [6.45, 7) is 0. The van der Waals surface area contributed by atoms with Gasteiger partial charge >= 0.3 is 6.03 Å². The van der Waals surface area contributed by atoms with Gasteiger partial charge < -0.3 is 10.6 Å². The predicted octanol–water partition coefficient (Wildman–Crippen LogP) is 1.62. The van der Waals surface area contributed by atoms with Gasteiger partial charge in [0.25, 0.3) is 0 Å².